The Bertz CT molecular complexity index is 576. The van der Waals surface area contributed by atoms with Crippen LogP contribution in [-0.2, 0) is 0 Å². The monoisotopic (exact) mass is 276 g/mol. The first kappa shape index (κ1) is 13.9. The molecule has 0 unspecified atom stereocenters. The van der Waals surface area contributed by atoms with E-state index in [1.165, 1.54) is 4.88 Å². The molecule has 1 N–H and O–H groups in total. The number of methoxy groups -OCH3 is 1. The van der Waals surface area contributed by atoms with Gasteiger partial charge in [0.2, 0.25) is 0 Å². The van der Waals surface area contributed by atoms with Gasteiger partial charge in [0.1, 0.15) is 5.75 Å². The first-order chi connectivity index (χ1) is 9.01. The zero-order valence-corrected chi connectivity index (χ0v) is 12.9. The summed E-state index contributed by atoms with van der Waals surface area (Å²) in [7, 11) is 1.70. The van der Waals surface area contributed by atoms with E-state index in [0.29, 0.717) is 6.04 Å². The molecule has 0 atom stereocenters. The van der Waals surface area contributed by atoms with Crippen LogP contribution < -0.4 is 10.1 Å². The van der Waals surface area contributed by atoms with Crippen LogP contribution in [0.1, 0.15) is 24.3 Å². The van der Waals surface area contributed by atoms with E-state index in [-0.39, 0.29) is 0 Å². The van der Waals surface area contributed by atoms with Gasteiger partial charge in [-0.2, -0.15) is 0 Å². The van der Waals surface area contributed by atoms with Crippen LogP contribution in [0.4, 0.5) is 5.13 Å². The third-order valence-electron chi connectivity index (χ3n) is 2.88. The highest BCUT2D eigenvalue weighted by molar-refractivity contribution is 7.16. The van der Waals surface area contributed by atoms with E-state index in [4.69, 9.17) is 4.74 Å². The summed E-state index contributed by atoms with van der Waals surface area (Å²) in [5.41, 5.74) is 3.33. The van der Waals surface area contributed by atoms with E-state index in [2.05, 4.69) is 50.1 Å². The number of ether oxygens (including phenoxy) is 1. The molecule has 102 valence electrons. The van der Waals surface area contributed by atoms with Gasteiger partial charge in [-0.3, -0.25) is 0 Å². The van der Waals surface area contributed by atoms with Crippen LogP contribution in [0.3, 0.4) is 0 Å². The SMILES string of the molecule is COc1ccc(-c2nc(NC(C)C)sc2C)cc1C. The average Bonchev–Trinajstić information content (AvgIpc) is 2.69. The molecule has 0 saturated heterocycles. The standard InChI is InChI=1S/C15H20N2OS/c1-9(2)16-15-17-14(11(4)19-15)12-6-7-13(18-5)10(3)8-12/h6-9H,1-5H3,(H,16,17). The summed E-state index contributed by atoms with van der Waals surface area (Å²) < 4.78 is 5.29. The number of aryl methyl sites for hydroxylation is 2. The number of thiazole rings is 1. The Labute approximate surface area is 118 Å². The van der Waals surface area contributed by atoms with Crippen molar-refractivity contribution < 1.29 is 4.74 Å². The molecule has 4 heteroatoms. The minimum absolute atomic E-state index is 0.399. The molecule has 19 heavy (non-hydrogen) atoms. The number of hydrogen-bond acceptors (Lipinski definition) is 4. The van der Waals surface area contributed by atoms with E-state index in [1.807, 2.05) is 6.07 Å². The normalized spacial score (nSPS) is 10.8. The van der Waals surface area contributed by atoms with Crippen LogP contribution in [0.2, 0.25) is 0 Å². The van der Waals surface area contributed by atoms with E-state index in [9.17, 15) is 0 Å². The van der Waals surface area contributed by atoms with Crippen molar-refractivity contribution >= 4 is 16.5 Å². The molecular formula is C15H20N2OS. The Morgan fingerprint density at radius 2 is 2.00 bits per heavy atom. The minimum atomic E-state index is 0.399. The molecular weight excluding hydrogens is 256 g/mol. The third-order valence-corrected chi connectivity index (χ3v) is 3.78. The van der Waals surface area contributed by atoms with E-state index >= 15 is 0 Å². The fourth-order valence-corrected chi connectivity index (χ4v) is 2.98. The summed E-state index contributed by atoms with van der Waals surface area (Å²) in [6, 6.07) is 6.59. The molecule has 0 radical (unpaired) electrons. The van der Waals surface area contributed by atoms with Gasteiger partial charge < -0.3 is 10.1 Å². The fourth-order valence-electron chi connectivity index (χ4n) is 2.00. The Hall–Kier alpha value is -1.55. The van der Waals surface area contributed by atoms with Crippen molar-refractivity contribution in [3.8, 4) is 17.0 Å². The molecule has 0 aliphatic rings. The Morgan fingerprint density at radius 3 is 2.58 bits per heavy atom. The molecule has 2 rings (SSSR count). The van der Waals surface area contributed by atoms with E-state index in [0.717, 1.165) is 27.7 Å². The largest absolute Gasteiger partial charge is 0.496 e. The zero-order chi connectivity index (χ0) is 14.0. The quantitative estimate of drug-likeness (QED) is 0.906. The van der Waals surface area contributed by atoms with Crippen LogP contribution >= 0.6 is 11.3 Å². The predicted octanol–water partition coefficient (Wildman–Crippen LogP) is 4.26. The van der Waals surface area contributed by atoms with Crippen molar-refractivity contribution in [2.45, 2.75) is 33.7 Å². The zero-order valence-electron chi connectivity index (χ0n) is 12.1. The summed E-state index contributed by atoms with van der Waals surface area (Å²) in [6.07, 6.45) is 0. The van der Waals surface area contributed by atoms with Crippen LogP contribution in [-0.4, -0.2) is 18.1 Å². The fraction of sp³-hybridized carbons (Fsp3) is 0.400. The molecule has 0 aliphatic heterocycles. The number of rotatable bonds is 4. The van der Waals surface area contributed by atoms with Gasteiger partial charge >= 0.3 is 0 Å². The van der Waals surface area contributed by atoms with Crippen molar-refractivity contribution in [3.05, 3.63) is 28.6 Å². The molecule has 2 aromatic rings. The highest BCUT2D eigenvalue weighted by Crippen LogP contribution is 2.32. The first-order valence-electron chi connectivity index (χ1n) is 6.40. The van der Waals surface area contributed by atoms with Gasteiger partial charge in [-0.05, 0) is 51.5 Å². The number of nitrogens with one attached hydrogen (secondary N) is 1. The molecule has 0 fully saturated rings. The van der Waals surface area contributed by atoms with Gasteiger partial charge in [-0.25, -0.2) is 4.98 Å². The maximum absolute atomic E-state index is 5.29. The summed E-state index contributed by atoms with van der Waals surface area (Å²) in [4.78, 5) is 5.91. The Kier molecular flexibility index (Phi) is 4.10. The molecule has 1 heterocycles. The van der Waals surface area contributed by atoms with E-state index in [1.54, 1.807) is 18.4 Å². The molecule has 3 nitrogen and oxygen atoms in total. The number of anilines is 1. The van der Waals surface area contributed by atoms with Crippen molar-refractivity contribution in [2.24, 2.45) is 0 Å². The molecule has 1 aromatic heterocycles. The van der Waals surface area contributed by atoms with Gasteiger partial charge in [-0.1, -0.05) is 0 Å². The molecule has 0 bridgehead atoms. The summed E-state index contributed by atoms with van der Waals surface area (Å²) >= 11 is 1.70. The van der Waals surface area contributed by atoms with Gasteiger partial charge in [0.05, 0.1) is 12.8 Å². The number of aromatic nitrogens is 1. The Morgan fingerprint density at radius 1 is 1.26 bits per heavy atom. The smallest absolute Gasteiger partial charge is 0.183 e. The predicted molar refractivity (Wildman–Crippen MR) is 82.3 cm³/mol. The molecule has 0 saturated carbocycles. The van der Waals surface area contributed by atoms with Crippen LogP contribution in [0.25, 0.3) is 11.3 Å². The van der Waals surface area contributed by atoms with Crippen molar-refractivity contribution in [1.29, 1.82) is 0 Å². The van der Waals surface area contributed by atoms with Crippen molar-refractivity contribution in [3.63, 3.8) is 0 Å². The molecule has 0 aliphatic carbocycles. The molecule has 0 amide bonds. The second kappa shape index (κ2) is 5.61. The average molecular weight is 276 g/mol. The van der Waals surface area contributed by atoms with Gasteiger partial charge in [0.25, 0.3) is 0 Å². The topological polar surface area (TPSA) is 34.1 Å². The lowest BCUT2D eigenvalue weighted by molar-refractivity contribution is 0.412. The lowest BCUT2D eigenvalue weighted by atomic mass is 10.1. The van der Waals surface area contributed by atoms with Crippen LogP contribution in [0, 0.1) is 13.8 Å². The number of benzene rings is 1. The summed E-state index contributed by atoms with van der Waals surface area (Å²) in [6.45, 7) is 8.40. The summed E-state index contributed by atoms with van der Waals surface area (Å²) in [5, 5.41) is 4.34. The van der Waals surface area contributed by atoms with Gasteiger partial charge in [-0.15, -0.1) is 11.3 Å². The van der Waals surface area contributed by atoms with Gasteiger partial charge in [0, 0.05) is 16.5 Å². The lowest BCUT2D eigenvalue weighted by Gasteiger charge is -2.07. The molecule has 0 spiro atoms. The highest BCUT2D eigenvalue weighted by Gasteiger charge is 2.11. The number of nitrogens with zero attached hydrogens (tertiary/aromatic N) is 1. The second-order valence-electron chi connectivity index (χ2n) is 4.91. The first-order valence-corrected chi connectivity index (χ1v) is 7.22. The Balaban J connectivity index is 2.36. The van der Waals surface area contributed by atoms with Crippen LogP contribution in [0.15, 0.2) is 18.2 Å². The van der Waals surface area contributed by atoms with Crippen molar-refractivity contribution in [1.82, 2.24) is 4.98 Å². The summed E-state index contributed by atoms with van der Waals surface area (Å²) in [5.74, 6) is 0.914. The highest BCUT2D eigenvalue weighted by atomic mass is 32.1. The van der Waals surface area contributed by atoms with Crippen molar-refractivity contribution in [2.75, 3.05) is 12.4 Å². The maximum atomic E-state index is 5.29. The third kappa shape index (κ3) is 3.07. The maximum Gasteiger partial charge on any atom is 0.183 e. The number of hydrogen-bond donors (Lipinski definition) is 1. The van der Waals surface area contributed by atoms with E-state index < -0.39 is 0 Å². The molecule has 1 aromatic carbocycles. The lowest BCUT2D eigenvalue weighted by Crippen LogP contribution is -2.08. The second-order valence-corrected chi connectivity index (χ2v) is 6.11. The minimum Gasteiger partial charge on any atom is -0.496 e. The van der Waals surface area contributed by atoms with Crippen LogP contribution in [0.5, 0.6) is 5.75 Å². The van der Waals surface area contributed by atoms with Gasteiger partial charge in [0.15, 0.2) is 5.13 Å².